The Morgan fingerprint density at radius 1 is 1.17 bits per heavy atom. The fraction of sp³-hybridized carbons (Fsp3) is 0.833. The first-order chi connectivity index (χ1) is 8.83. The predicted octanol–water partition coefficient (Wildman–Crippen LogP) is 1.20. The highest BCUT2D eigenvalue weighted by Gasteiger charge is 2.18. The summed E-state index contributed by atoms with van der Waals surface area (Å²) in [5, 5.41) is 5.35. The van der Waals surface area contributed by atoms with Crippen molar-refractivity contribution >= 4 is 15.9 Å². The van der Waals surface area contributed by atoms with Crippen LogP contribution in [-0.4, -0.2) is 62.6 Å². The summed E-state index contributed by atoms with van der Waals surface area (Å²) in [6.45, 7) is 9.81. The van der Waals surface area contributed by atoms with Gasteiger partial charge in [0.1, 0.15) is 12.2 Å². The lowest BCUT2D eigenvalue weighted by molar-refractivity contribution is 0.129. The van der Waals surface area contributed by atoms with Gasteiger partial charge in [-0.25, -0.2) is 9.67 Å². The molecular formula is C12H22BrN5. The average molecular weight is 316 g/mol. The van der Waals surface area contributed by atoms with E-state index < -0.39 is 0 Å². The monoisotopic (exact) mass is 315 g/mol. The van der Waals surface area contributed by atoms with Crippen LogP contribution in [0.4, 0.5) is 0 Å². The Kier molecular flexibility index (Phi) is 5.59. The molecule has 1 aromatic heterocycles. The molecule has 2 heterocycles. The number of hydrogen-bond donors (Lipinski definition) is 0. The molecule has 1 saturated heterocycles. The number of piperazine rings is 1. The summed E-state index contributed by atoms with van der Waals surface area (Å²) >= 11 is 3.50. The van der Waals surface area contributed by atoms with Crippen molar-refractivity contribution in [3.05, 3.63) is 12.2 Å². The van der Waals surface area contributed by atoms with Crippen LogP contribution < -0.4 is 0 Å². The van der Waals surface area contributed by atoms with Crippen molar-refractivity contribution in [2.45, 2.75) is 26.4 Å². The molecule has 0 aromatic carbocycles. The molecule has 0 bridgehead atoms. The minimum Gasteiger partial charge on any atom is -0.300 e. The third-order valence-electron chi connectivity index (χ3n) is 3.36. The van der Waals surface area contributed by atoms with Crippen LogP contribution in [0.15, 0.2) is 6.33 Å². The van der Waals surface area contributed by atoms with E-state index in [1.165, 1.54) is 0 Å². The van der Waals surface area contributed by atoms with Gasteiger partial charge in [0, 0.05) is 44.6 Å². The molecule has 0 spiro atoms. The summed E-state index contributed by atoms with van der Waals surface area (Å²) in [6, 6.07) is 0. The highest BCUT2D eigenvalue weighted by molar-refractivity contribution is 9.09. The summed E-state index contributed by atoms with van der Waals surface area (Å²) < 4.78 is 2.03. The molecule has 2 rings (SSSR count). The molecule has 1 fully saturated rings. The van der Waals surface area contributed by atoms with Crippen LogP contribution in [0.2, 0.25) is 0 Å². The van der Waals surface area contributed by atoms with Gasteiger partial charge in [0.05, 0.1) is 6.54 Å². The highest BCUT2D eigenvalue weighted by atomic mass is 79.9. The fourth-order valence-electron chi connectivity index (χ4n) is 2.30. The Balaban J connectivity index is 1.82. The van der Waals surface area contributed by atoms with E-state index in [0.717, 1.165) is 63.4 Å². The number of halogens is 1. The van der Waals surface area contributed by atoms with Gasteiger partial charge in [-0.05, 0) is 6.42 Å². The zero-order valence-corrected chi connectivity index (χ0v) is 12.6. The number of nitrogens with zero attached hydrogens (tertiary/aromatic N) is 5. The van der Waals surface area contributed by atoms with Crippen molar-refractivity contribution in [2.24, 2.45) is 0 Å². The first kappa shape index (κ1) is 14.0. The summed E-state index contributed by atoms with van der Waals surface area (Å²) in [5.41, 5.74) is 0. The van der Waals surface area contributed by atoms with Crippen LogP contribution in [0.3, 0.4) is 0 Å². The summed E-state index contributed by atoms with van der Waals surface area (Å²) in [6.07, 6.45) is 2.78. The minimum absolute atomic E-state index is 0.933. The number of aromatic nitrogens is 3. The van der Waals surface area contributed by atoms with Crippen LogP contribution in [0.5, 0.6) is 0 Å². The van der Waals surface area contributed by atoms with Crippen molar-refractivity contribution < 1.29 is 0 Å². The molecule has 0 saturated carbocycles. The van der Waals surface area contributed by atoms with Crippen LogP contribution in [0, 0.1) is 0 Å². The fourth-order valence-corrected chi connectivity index (χ4v) is 2.80. The van der Waals surface area contributed by atoms with E-state index in [2.05, 4.69) is 42.7 Å². The lowest BCUT2D eigenvalue weighted by Gasteiger charge is -2.34. The maximum absolute atomic E-state index is 4.37. The highest BCUT2D eigenvalue weighted by Crippen LogP contribution is 2.07. The van der Waals surface area contributed by atoms with Crippen LogP contribution in [-0.2, 0) is 13.1 Å². The maximum Gasteiger partial charge on any atom is 0.141 e. The summed E-state index contributed by atoms with van der Waals surface area (Å²) in [5.74, 6) is 1.10. The lowest BCUT2D eigenvalue weighted by atomic mass is 10.3. The van der Waals surface area contributed by atoms with Gasteiger partial charge in [-0.3, -0.25) is 9.80 Å². The van der Waals surface area contributed by atoms with Gasteiger partial charge in [-0.1, -0.05) is 22.9 Å². The zero-order chi connectivity index (χ0) is 12.8. The third kappa shape index (κ3) is 3.76. The lowest BCUT2D eigenvalue weighted by Crippen LogP contribution is -2.46. The average Bonchev–Trinajstić information content (AvgIpc) is 2.80. The smallest absolute Gasteiger partial charge is 0.141 e. The number of alkyl halides is 1. The van der Waals surface area contributed by atoms with Crippen LogP contribution >= 0.6 is 15.9 Å². The molecule has 5 nitrogen and oxygen atoms in total. The first-order valence-corrected chi connectivity index (χ1v) is 7.83. The van der Waals surface area contributed by atoms with E-state index in [0.29, 0.717) is 0 Å². The topological polar surface area (TPSA) is 37.2 Å². The molecule has 6 heteroatoms. The molecule has 0 unspecified atom stereocenters. The molecule has 1 aliphatic heterocycles. The van der Waals surface area contributed by atoms with E-state index in [1.807, 2.05) is 4.68 Å². The Morgan fingerprint density at radius 2 is 1.89 bits per heavy atom. The van der Waals surface area contributed by atoms with Crippen molar-refractivity contribution in [1.29, 1.82) is 0 Å². The largest absolute Gasteiger partial charge is 0.300 e. The van der Waals surface area contributed by atoms with Crippen LogP contribution in [0.25, 0.3) is 0 Å². The molecule has 0 aliphatic carbocycles. The van der Waals surface area contributed by atoms with E-state index in [1.54, 1.807) is 6.33 Å². The van der Waals surface area contributed by atoms with E-state index in [-0.39, 0.29) is 0 Å². The second kappa shape index (κ2) is 7.21. The Hall–Kier alpha value is -0.460. The molecule has 0 amide bonds. The van der Waals surface area contributed by atoms with Gasteiger partial charge in [0.25, 0.3) is 0 Å². The molecule has 1 aromatic rings. The Morgan fingerprint density at radius 3 is 2.56 bits per heavy atom. The number of hydrogen-bond acceptors (Lipinski definition) is 4. The maximum atomic E-state index is 4.37. The van der Waals surface area contributed by atoms with Gasteiger partial charge in [-0.2, -0.15) is 5.10 Å². The van der Waals surface area contributed by atoms with Crippen molar-refractivity contribution in [2.75, 3.05) is 38.1 Å². The molecule has 102 valence electrons. The van der Waals surface area contributed by atoms with Gasteiger partial charge >= 0.3 is 0 Å². The van der Waals surface area contributed by atoms with E-state index >= 15 is 0 Å². The predicted molar refractivity (Wildman–Crippen MR) is 75.8 cm³/mol. The van der Waals surface area contributed by atoms with E-state index in [9.17, 15) is 0 Å². The number of rotatable bonds is 6. The second-order valence-electron chi connectivity index (χ2n) is 4.71. The van der Waals surface area contributed by atoms with Crippen molar-refractivity contribution in [3.8, 4) is 0 Å². The quantitative estimate of drug-likeness (QED) is 0.739. The SMILES string of the molecule is CCCn1ncnc1CN1CCN(CCBr)CC1. The minimum atomic E-state index is 0.933. The second-order valence-corrected chi connectivity index (χ2v) is 5.50. The van der Waals surface area contributed by atoms with Crippen molar-refractivity contribution in [1.82, 2.24) is 24.6 Å². The molecule has 1 aliphatic rings. The summed E-state index contributed by atoms with van der Waals surface area (Å²) in [4.78, 5) is 9.35. The first-order valence-electron chi connectivity index (χ1n) is 6.71. The molecular weight excluding hydrogens is 294 g/mol. The van der Waals surface area contributed by atoms with Gasteiger partial charge in [0.2, 0.25) is 0 Å². The van der Waals surface area contributed by atoms with Gasteiger partial charge < -0.3 is 0 Å². The standard InChI is InChI=1S/C12H22BrN5/c1-2-4-18-12(14-11-15-18)10-17-8-6-16(5-3-13)7-9-17/h11H,2-10H2,1H3. The Labute approximate surface area is 117 Å². The normalized spacial score (nSPS) is 18.3. The Bertz CT molecular complexity index is 346. The molecule has 18 heavy (non-hydrogen) atoms. The van der Waals surface area contributed by atoms with Crippen LogP contribution in [0.1, 0.15) is 19.2 Å². The molecule has 0 atom stereocenters. The number of aryl methyl sites for hydroxylation is 1. The van der Waals surface area contributed by atoms with Gasteiger partial charge in [-0.15, -0.1) is 0 Å². The molecule has 0 N–H and O–H groups in total. The third-order valence-corrected chi connectivity index (χ3v) is 3.72. The zero-order valence-electron chi connectivity index (χ0n) is 11.1. The van der Waals surface area contributed by atoms with E-state index in [4.69, 9.17) is 0 Å². The summed E-state index contributed by atoms with van der Waals surface area (Å²) in [7, 11) is 0. The molecule has 0 radical (unpaired) electrons. The van der Waals surface area contributed by atoms with Crippen molar-refractivity contribution in [3.63, 3.8) is 0 Å². The van der Waals surface area contributed by atoms with Gasteiger partial charge in [0.15, 0.2) is 0 Å².